The number of esters is 8. The van der Waals surface area contributed by atoms with Crippen LogP contribution < -0.4 is 50.3 Å². The maximum Gasteiger partial charge on any atom is 0.342 e. The third-order valence-corrected chi connectivity index (χ3v) is 22.9. The number of alkyl halides is 16. The van der Waals surface area contributed by atoms with Gasteiger partial charge in [-0.3, -0.25) is 0 Å². The topological polar surface area (TPSA) is 611 Å². The van der Waals surface area contributed by atoms with Gasteiger partial charge in [0.2, 0.25) is 0 Å². The van der Waals surface area contributed by atoms with Crippen molar-refractivity contribution in [1.82, 2.24) is 0 Å². The summed E-state index contributed by atoms with van der Waals surface area (Å²) < 4.78 is 251. The van der Waals surface area contributed by atoms with Crippen LogP contribution in [-0.4, -0.2) is 222 Å². The minimum atomic E-state index is -4.28. The van der Waals surface area contributed by atoms with Gasteiger partial charge in [-0.05, 0) is 358 Å². The highest BCUT2D eigenvalue weighted by atomic mass is 127. The molecule has 0 aliphatic carbocycles. The quantitative estimate of drug-likeness (QED) is 0.0109. The standard InChI is InChI=1S/C15H18F2O5.C14H16F2O5.C11H10F2O4.C10H5F2I3O4.C10H6F2I2O5.C10H7F2IO5.C10H7F2IO4.C10H8F2O5/c1-4-14(2,3)22-11-7-5-10(6-8-11)12(18)21-9-15(16,17)13(19)20;1-13(2,3)21-10-6-4-9(5-7-10)11(17)20-8-14(15,16)12(18)19;1-7-2-4-8(5-3-7)9(14)17-6-11(12,13)10(15)16;2*11-10(12,9(17)18)3-19-8(16)5-1-4(13)2-6(14)7(5)15;11-10(12,9(16)17)4-18-8(15)6-3-5(13)1-2-7(6)14;2*11-10(12,9(15)16)5-17-8(14)6-1-3-7(13)4-2-6/h5-8H,4,9H2,1-3H3,(H,19,20);4-7H,8H2,1-3H3,(H,18,19);2-5H,6H2,1H3,(H,15,16);1-2H,3H2,(H,17,18);1-2,15H,3H2,(H,17,18);1-3,14H,4H2,(H,16,17);1-4H,5H2,(H,15,16);1-4,13H,5H2,(H,15,16)/p-8. The van der Waals surface area contributed by atoms with E-state index in [1.54, 1.807) is 65.9 Å². The third kappa shape index (κ3) is 49.6. The van der Waals surface area contributed by atoms with E-state index in [9.17, 15) is 198 Å². The molecule has 0 spiro atoms. The Morgan fingerprint density at radius 3 is 0.780 bits per heavy atom. The molecule has 8 rings (SSSR count). The molecule has 0 amide bonds. The first-order chi connectivity index (χ1) is 68.6. The number of ether oxygens (including phenoxy) is 10. The zero-order valence-electron chi connectivity index (χ0n) is 76.4. The summed E-state index contributed by atoms with van der Waals surface area (Å²) in [6.07, 6.45) is 0.773. The molecule has 37 nitrogen and oxygen atoms in total. The lowest BCUT2D eigenvalue weighted by Gasteiger charge is -2.24. The van der Waals surface area contributed by atoms with Crippen LogP contribution in [0, 0.1) is 31.9 Å². The van der Waals surface area contributed by atoms with Crippen molar-refractivity contribution in [3.8, 4) is 28.7 Å². The summed E-state index contributed by atoms with van der Waals surface area (Å²) in [5.41, 5.74) is -0.353. The number of phenols is 3. The number of phenolic OH excluding ortho intramolecular Hbond substituents is 3. The predicted octanol–water partition coefficient (Wildman–Crippen LogP) is 8.23. The van der Waals surface area contributed by atoms with E-state index in [2.05, 4.69) is 37.9 Å². The maximum atomic E-state index is 12.8. The summed E-state index contributed by atoms with van der Waals surface area (Å²) in [6, 6.07) is 37.9. The number of aryl methyl sites for hydroxylation is 1. The van der Waals surface area contributed by atoms with Crippen LogP contribution in [0.5, 0.6) is 28.7 Å². The zero-order chi connectivity index (χ0) is 116. The Labute approximate surface area is 929 Å². The molecule has 0 bridgehead atoms. The number of aliphatic carboxylic acids is 8. The second-order valence-electron chi connectivity index (χ2n) is 30.1. The molecular formula is C90H69F16I7O37-8. The Hall–Kier alpha value is -11.7. The zero-order valence-corrected chi connectivity index (χ0v) is 91.5. The molecule has 3 N–H and O–H groups in total. The summed E-state index contributed by atoms with van der Waals surface area (Å²) in [4.78, 5) is 171. The van der Waals surface area contributed by atoms with Gasteiger partial charge in [-0.15, -0.1) is 0 Å². The van der Waals surface area contributed by atoms with Gasteiger partial charge in [-0.25, -0.2) is 38.4 Å². The molecule has 60 heteroatoms. The number of carbonyl (C=O) groups is 16. The summed E-state index contributed by atoms with van der Waals surface area (Å²) in [6.45, 7) is 0.393. The maximum absolute atomic E-state index is 12.8. The predicted molar refractivity (Wildman–Crippen MR) is 518 cm³/mol. The van der Waals surface area contributed by atoms with E-state index in [4.69, 9.17) is 14.6 Å². The molecule has 0 aliphatic heterocycles. The fourth-order valence-electron chi connectivity index (χ4n) is 8.40. The second kappa shape index (κ2) is 60.5. The summed E-state index contributed by atoms with van der Waals surface area (Å²) >= 11 is 13.3. The van der Waals surface area contributed by atoms with Crippen LogP contribution in [0.3, 0.4) is 0 Å². The van der Waals surface area contributed by atoms with E-state index in [0.29, 0.717) is 25.8 Å². The van der Waals surface area contributed by atoms with Gasteiger partial charge in [-0.2, -0.15) is 70.2 Å². The first-order valence-corrected chi connectivity index (χ1v) is 47.3. The van der Waals surface area contributed by atoms with Gasteiger partial charge >= 0.3 is 95.1 Å². The highest BCUT2D eigenvalue weighted by Crippen LogP contribution is 2.32. The third-order valence-electron chi connectivity index (χ3n) is 16.4. The number of benzene rings is 8. The molecular weight excluding hydrogens is 2870 g/mol. The highest BCUT2D eigenvalue weighted by molar-refractivity contribution is 14.1. The van der Waals surface area contributed by atoms with Gasteiger partial charge in [0.05, 0.1) is 37.0 Å². The molecule has 0 saturated carbocycles. The Morgan fingerprint density at radius 2 is 0.500 bits per heavy atom. The molecule has 0 saturated heterocycles. The number of halogens is 23. The van der Waals surface area contributed by atoms with Crippen molar-refractivity contribution in [1.29, 1.82) is 0 Å². The van der Waals surface area contributed by atoms with Crippen LogP contribution >= 0.6 is 158 Å². The molecule has 0 heterocycles. The van der Waals surface area contributed by atoms with Gasteiger partial charge in [0.25, 0.3) is 0 Å². The average molecular weight is 2930 g/mol. The number of carboxylic acids is 8. The van der Waals surface area contributed by atoms with Crippen molar-refractivity contribution >= 4 is 254 Å². The van der Waals surface area contributed by atoms with Gasteiger partial charge in [0.1, 0.15) is 98.8 Å². The Bertz CT molecular complexity index is 5790. The lowest BCUT2D eigenvalue weighted by molar-refractivity contribution is -0.332. The first kappa shape index (κ1) is 136. The molecule has 0 radical (unpaired) electrons. The van der Waals surface area contributed by atoms with Crippen LogP contribution in [-0.2, 0) is 76.3 Å². The number of carbonyl (C=O) groups excluding carboxylic acids is 16. The van der Waals surface area contributed by atoms with Crippen molar-refractivity contribution in [3.05, 3.63) is 239 Å². The normalized spacial score (nSPS) is 11.3. The van der Waals surface area contributed by atoms with Gasteiger partial charge < -0.3 is 142 Å². The number of hydrogen-bond acceptors (Lipinski definition) is 37. The molecule has 0 unspecified atom stereocenters. The molecule has 820 valence electrons. The van der Waals surface area contributed by atoms with Crippen LogP contribution in [0.25, 0.3) is 0 Å². The highest BCUT2D eigenvalue weighted by Gasteiger charge is 2.40. The van der Waals surface area contributed by atoms with Gasteiger partial charge in [0, 0.05) is 21.4 Å². The first-order valence-electron chi connectivity index (χ1n) is 39.7. The Kier molecular flexibility index (Phi) is 55.0. The molecule has 0 atom stereocenters. The van der Waals surface area contributed by atoms with Crippen molar-refractivity contribution in [3.63, 3.8) is 0 Å². The van der Waals surface area contributed by atoms with E-state index in [0.717, 1.165) is 47.0 Å². The summed E-state index contributed by atoms with van der Waals surface area (Å²) in [7, 11) is 0. The summed E-state index contributed by atoms with van der Waals surface area (Å²) in [5.74, 6) is -63.3. The van der Waals surface area contributed by atoms with E-state index >= 15 is 0 Å². The molecule has 0 aromatic heterocycles. The van der Waals surface area contributed by atoms with Crippen molar-refractivity contribution in [2.45, 2.75) is 113 Å². The largest absolute Gasteiger partial charge is 0.544 e. The lowest BCUT2D eigenvalue weighted by atomic mass is 10.1. The molecule has 8 aromatic carbocycles. The van der Waals surface area contributed by atoms with E-state index < -0.39 is 213 Å². The number of carboxylic acid groups (broad SMARTS) is 8. The van der Waals surface area contributed by atoms with Gasteiger partial charge in [0.15, 0.2) is 52.9 Å². The molecule has 8 aromatic rings. The minimum Gasteiger partial charge on any atom is -0.544 e. The van der Waals surface area contributed by atoms with E-state index in [-0.39, 0.29) is 55.9 Å². The fourth-order valence-corrected chi connectivity index (χ4v) is 13.5. The van der Waals surface area contributed by atoms with Crippen LogP contribution in [0.4, 0.5) is 70.2 Å². The van der Waals surface area contributed by atoms with E-state index in [1.165, 1.54) is 103 Å². The van der Waals surface area contributed by atoms with Crippen molar-refractivity contribution in [2.75, 3.05) is 52.9 Å². The molecule has 0 fully saturated rings. The SMILES string of the molecule is CC(C)(C)Oc1ccc(C(=O)OCC(F)(F)C(=O)[O-])cc1.CCC(C)(C)Oc1ccc(C(=O)OCC(F)(F)C(=O)[O-])cc1.Cc1ccc(C(=O)OCC(F)(F)C(=O)[O-])cc1.O=C(OCC(F)(F)C(=O)[O-])c1cc(I)cc(I)c1I.O=C(OCC(F)(F)C(=O)[O-])c1cc(I)cc(I)c1O.O=C(OCC(F)(F)C(=O)[O-])c1cc(I)ccc1O.O=C(OCC(F)(F)C(=O)[O-])c1ccc(I)cc1.O=C(OCC(F)(F)C(=O)[O-])c1ccc(O)cc1. The number of aromatic hydroxyl groups is 3. The monoisotopic (exact) mass is 2930 g/mol. The number of hydrogen-bond donors (Lipinski definition) is 3. The minimum absolute atomic E-state index is 0.00501. The van der Waals surface area contributed by atoms with Crippen molar-refractivity contribution in [2.24, 2.45) is 0 Å². The molecule has 150 heavy (non-hydrogen) atoms. The fraction of sp³-hybridized carbons (Fsp3) is 0.289. The average Bonchev–Trinajstić information content (AvgIpc) is 0.838. The second-order valence-corrected chi connectivity index (χ2v) is 38.5. The Morgan fingerprint density at radius 1 is 0.273 bits per heavy atom. The van der Waals surface area contributed by atoms with Crippen LogP contribution in [0.1, 0.15) is 136 Å². The lowest BCUT2D eigenvalue weighted by Crippen LogP contribution is -2.45. The summed E-state index contributed by atoms with van der Waals surface area (Å²) in [5, 5.41) is 108. The van der Waals surface area contributed by atoms with Crippen LogP contribution in [0.2, 0.25) is 0 Å². The van der Waals surface area contributed by atoms with E-state index in [1.807, 2.05) is 177 Å². The van der Waals surface area contributed by atoms with Crippen LogP contribution in [0.15, 0.2) is 164 Å². The Balaban J connectivity index is 0.000000858. The smallest absolute Gasteiger partial charge is 0.342 e. The van der Waals surface area contributed by atoms with Gasteiger partial charge in [-0.1, -0.05) is 24.6 Å². The number of rotatable bonds is 36. The molecule has 0 aliphatic rings. The van der Waals surface area contributed by atoms with Crippen molar-refractivity contribution < 1.29 is 250 Å².